The van der Waals surface area contributed by atoms with Gasteiger partial charge in [0, 0.05) is 13.1 Å². The average molecular weight is 395 g/mol. The van der Waals surface area contributed by atoms with Crippen molar-refractivity contribution in [1.29, 1.82) is 0 Å². The average Bonchev–Trinajstić information content (AvgIpc) is 3.25. The second-order valence-corrected chi connectivity index (χ2v) is 7.78. The first-order chi connectivity index (χ1) is 12.5. The minimum Gasteiger partial charge on any atom is -0.481 e. The molecule has 1 fully saturated rings. The van der Waals surface area contributed by atoms with Crippen LogP contribution in [0.3, 0.4) is 0 Å². The lowest BCUT2D eigenvalue weighted by molar-refractivity contribution is -0.119. The molecule has 0 spiro atoms. The number of nitrogens with one attached hydrogen (secondary N) is 1. The van der Waals surface area contributed by atoms with E-state index in [1.807, 2.05) is 36.7 Å². The molecule has 140 valence electrons. The van der Waals surface area contributed by atoms with Crippen molar-refractivity contribution >= 4 is 29.3 Å². The van der Waals surface area contributed by atoms with E-state index in [1.165, 1.54) is 24.6 Å². The van der Waals surface area contributed by atoms with Gasteiger partial charge in [-0.1, -0.05) is 48.3 Å². The standard InChI is InChI=1S/C18H23ClN4O2S/c1-12(25-15-10-6-5-9-14(15)19)17-21-22-18(23(17)2)26-11-16(24)20-13-7-3-4-8-13/h5-6,9-10,12-13H,3-4,7-8,11H2,1-2H3,(H,20,24). The molecule has 2 aromatic rings. The predicted molar refractivity (Wildman–Crippen MR) is 103 cm³/mol. The number of carbonyl (C=O) groups is 1. The Hall–Kier alpha value is -1.73. The minimum atomic E-state index is -0.311. The summed E-state index contributed by atoms with van der Waals surface area (Å²) < 4.78 is 7.75. The lowest BCUT2D eigenvalue weighted by Crippen LogP contribution is -2.33. The number of nitrogens with zero attached hydrogens (tertiary/aromatic N) is 3. The zero-order valence-electron chi connectivity index (χ0n) is 14.9. The number of hydrogen-bond donors (Lipinski definition) is 1. The molecule has 26 heavy (non-hydrogen) atoms. The van der Waals surface area contributed by atoms with E-state index >= 15 is 0 Å². The van der Waals surface area contributed by atoms with Gasteiger partial charge in [-0.2, -0.15) is 0 Å². The number of halogens is 1. The highest BCUT2D eigenvalue weighted by Gasteiger charge is 2.20. The first-order valence-corrected chi connectivity index (χ1v) is 10.1. The first-order valence-electron chi connectivity index (χ1n) is 8.77. The summed E-state index contributed by atoms with van der Waals surface area (Å²) in [5.41, 5.74) is 0. The van der Waals surface area contributed by atoms with Crippen LogP contribution in [0.2, 0.25) is 5.02 Å². The molecule has 1 aromatic heterocycles. The van der Waals surface area contributed by atoms with Gasteiger partial charge in [-0.3, -0.25) is 4.79 Å². The molecule has 1 aliphatic rings. The third-order valence-electron chi connectivity index (χ3n) is 4.43. The van der Waals surface area contributed by atoms with E-state index in [-0.39, 0.29) is 12.0 Å². The summed E-state index contributed by atoms with van der Waals surface area (Å²) in [4.78, 5) is 12.1. The zero-order valence-corrected chi connectivity index (χ0v) is 16.5. The van der Waals surface area contributed by atoms with Crippen molar-refractivity contribution < 1.29 is 9.53 Å². The van der Waals surface area contributed by atoms with Gasteiger partial charge in [0.2, 0.25) is 5.91 Å². The van der Waals surface area contributed by atoms with Gasteiger partial charge >= 0.3 is 0 Å². The molecule has 3 rings (SSSR count). The van der Waals surface area contributed by atoms with Gasteiger partial charge in [-0.05, 0) is 31.9 Å². The molecular weight excluding hydrogens is 372 g/mol. The van der Waals surface area contributed by atoms with Crippen LogP contribution in [0.1, 0.15) is 44.5 Å². The Morgan fingerprint density at radius 1 is 1.38 bits per heavy atom. The number of rotatable bonds is 7. The molecule has 1 unspecified atom stereocenters. The van der Waals surface area contributed by atoms with Crippen molar-refractivity contribution in [3.63, 3.8) is 0 Å². The normalized spacial score (nSPS) is 15.8. The Balaban J connectivity index is 1.56. The zero-order chi connectivity index (χ0) is 18.5. The van der Waals surface area contributed by atoms with E-state index in [0.29, 0.717) is 33.5 Å². The number of hydrogen-bond acceptors (Lipinski definition) is 5. The van der Waals surface area contributed by atoms with Gasteiger partial charge < -0.3 is 14.6 Å². The maximum absolute atomic E-state index is 12.1. The van der Waals surface area contributed by atoms with E-state index < -0.39 is 0 Å². The van der Waals surface area contributed by atoms with E-state index in [2.05, 4.69) is 15.5 Å². The van der Waals surface area contributed by atoms with Crippen LogP contribution in [-0.4, -0.2) is 32.5 Å². The summed E-state index contributed by atoms with van der Waals surface area (Å²) in [5.74, 6) is 1.67. The van der Waals surface area contributed by atoms with Crippen molar-refractivity contribution in [2.45, 2.75) is 49.9 Å². The maximum Gasteiger partial charge on any atom is 0.230 e. The smallest absolute Gasteiger partial charge is 0.230 e. The fraction of sp³-hybridized carbons (Fsp3) is 0.500. The van der Waals surface area contributed by atoms with E-state index in [1.54, 1.807) is 6.07 Å². The molecule has 8 heteroatoms. The van der Waals surface area contributed by atoms with Gasteiger partial charge in [0.25, 0.3) is 0 Å². The van der Waals surface area contributed by atoms with Crippen molar-refractivity contribution in [1.82, 2.24) is 20.1 Å². The second-order valence-electron chi connectivity index (χ2n) is 6.43. The van der Waals surface area contributed by atoms with E-state index in [9.17, 15) is 4.79 Å². The highest BCUT2D eigenvalue weighted by atomic mass is 35.5. The quantitative estimate of drug-likeness (QED) is 0.724. The monoisotopic (exact) mass is 394 g/mol. The fourth-order valence-electron chi connectivity index (χ4n) is 3.06. The van der Waals surface area contributed by atoms with Crippen molar-refractivity contribution in [3.05, 3.63) is 35.1 Å². The summed E-state index contributed by atoms with van der Waals surface area (Å²) in [6.45, 7) is 1.90. The number of thioether (sulfide) groups is 1. The predicted octanol–water partition coefficient (Wildman–Crippen LogP) is 3.76. The number of aromatic nitrogens is 3. The van der Waals surface area contributed by atoms with E-state index in [4.69, 9.17) is 16.3 Å². The van der Waals surface area contributed by atoms with E-state index in [0.717, 1.165) is 12.8 Å². The summed E-state index contributed by atoms with van der Waals surface area (Å²) >= 11 is 7.52. The summed E-state index contributed by atoms with van der Waals surface area (Å²) in [7, 11) is 1.87. The van der Waals surface area contributed by atoms with Crippen LogP contribution in [-0.2, 0) is 11.8 Å². The van der Waals surface area contributed by atoms with Gasteiger partial charge in [-0.15, -0.1) is 10.2 Å². The lowest BCUT2D eigenvalue weighted by Gasteiger charge is -2.15. The second kappa shape index (κ2) is 8.77. The molecule has 1 aromatic carbocycles. The first kappa shape index (κ1) is 19.0. The van der Waals surface area contributed by atoms with Crippen molar-refractivity contribution in [3.8, 4) is 5.75 Å². The topological polar surface area (TPSA) is 69.0 Å². The minimum absolute atomic E-state index is 0.0480. The van der Waals surface area contributed by atoms with Crippen LogP contribution in [0.5, 0.6) is 5.75 Å². The molecule has 0 saturated heterocycles. The van der Waals surface area contributed by atoms with Crippen LogP contribution in [0.15, 0.2) is 29.4 Å². The number of ether oxygens (including phenoxy) is 1. The molecule has 1 N–H and O–H groups in total. The Kier molecular flexibility index (Phi) is 6.43. The van der Waals surface area contributed by atoms with Crippen LogP contribution >= 0.6 is 23.4 Å². The molecule has 0 aliphatic heterocycles. The molecular formula is C18H23ClN4O2S. The van der Waals surface area contributed by atoms with Crippen LogP contribution < -0.4 is 10.1 Å². The Morgan fingerprint density at radius 2 is 2.12 bits per heavy atom. The maximum atomic E-state index is 12.1. The van der Waals surface area contributed by atoms with Crippen molar-refractivity contribution in [2.24, 2.45) is 7.05 Å². The van der Waals surface area contributed by atoms with Crippen LogP contribution in [0.4, 0.5) is 0 Å². The molecule has 0 radical (unpaired) electrons. The van der Waals surface area contributed by atoms with Crippen LogP contribution in [0, 0.1) is 0 Å². The summed E-state index contributed by atoms with van der Waals surface area (Å²) in [6, 6.07) is 7.66. The largest absolute Gasteiger partial charge is 0.481 e. The molecule has 6 nitrogen and oxygen atoms in total. The third kappa shape index (κ3) is 4.71. The lowest BCUT2D eigenvalue weighted by atomic mass is 10.2. The number of amides is 1. The van der Waals surface area contributed by atoms with Gasteiger partial charge in [-0.25, -0.2) is 0 Å². The molecule has 1 saturated carbocycles. The number of carbonyl (C=O) groups excluding carboxylic acids is 1. The van der Waals surface area contributed by atoms with Gasteiger partial charge in [0.15, 0.2) is 17.1 Å². The fourth-order valence-corrected chi connectivity index (χ4v) is 3.97. The third-order valence-corrected chi connectivity index (χ3v) is 5.76. The van der Waals surface area contributed by atoms with Crippen LogP contribution in [0.25, 0.3) is 0 Å². The van der Waals surface area contributed by atoms with Gasteiger partial charge in [0.05, 0.1) is 10.8 Å². The number of para-hydroxylation sites is 1. The Bertz CT molecular complexity index is 761. The van der Waals surface area contributed by atoms with Gasteiger partial charge in [0.1, 0.15) is 5.75 Å². The molecule has 1 aliphatic carbocycles. The summed E-state index contributed by atoms with van der Waals surface area (Å²) in [6.07, 6.45) is 4.26. The molecule has 1 atom stereocenters. The summed E-state index contributed by atoms with van der Waals surface area (Å²) in [5, 5.41) is 12.7. The number of benzene rings is 1. The Labute approximate surface area is 162 Å². The molecule has 0 bridgehead atoms. The SMILES string of the molecule is CC(Oc1ccccc1Cl)c1nnc(SCC(=O)NC2CCCC2)n1C. The Morgan fingerprint density at radius 3 is 2.85 bits per heavy atom. The molecule has 1 heterocycles. The van der Waals surface area contributed by atoms with Crippen molar-refractivity contribution in [2.75, 3.05) is 5.75 Å². The molecule has 1 amide bonds. The highest BCUT2D eigenvalue weighted by Crippen LogP contribution is 2.29. The highest BCUT2D eigenvalue weighted by molar-refractivity contribution is 7.99.